The van der Waals surface area contributed by atoms with Crippen molar-refractivity contribution < 1.29 is 9.21 Å². The molecular formula is C19H24ClN3O2. The molecule has 1 amide bonds. The van der Waals surface area contributed by atoms with Gasteiger partial charge in [-0.15, -0.1) is 0 Å². The van der Waals surface area contributed by atoms with Crippen LogP contribution in [0.15, 0.2) is 28.7 Å². The molecule has 1 aliphatic heterocycles. The van der Waals surface area contributed by atoms with Crippen molar-refractivity contribution in [2.24, 2.45) is 11.7 Å². The Balaban J connectivity index is 1.65. The van der Waals surface area contributed by atoms with Gasteiger partial charge in [0.15, 0.2) is 0 Å². The van der Waals surface area contributed by atoms with Crippen LogP contribution in [0.1, 0.15) is 37.1 Å². The second kappa shape index (κ2) is 8.02. The zero-order chi connectivity index (χ0) is 17.8. The minimum Gasteiger partial charge on any atom is -0.441 e. The van der Waals surface area contributed by atoms with Gasteiger partial charge in [0, 0.05) is 30.1 Å². The third-order valence-corrected chi connectivity index (χ3v) is 4.97. The summed E-state index contributed by atoms with van der Waals surface area (Å²) in [4.78, 5) is 18.1. The molecule has 0 spiro atoms. The van der Waals surface area contributed by atoms with E-state index in [1.807, 2.05) is 31.2 Å². The number of nitrogens with two attached hydrogens (primary N) is 1. The van der Waals surface area contributed by atoms with Crippen LogP contribution in [0.4, 0.5) is 0 Å². The maximum absolute atomic E-state index is 11.0. The Kier molecular flexibility index (Phi) is 5.76. The lowest BCUT2D eigenvalue weighted by molar-refractivity contribution is -0.118. The number of aryl methyl sites for hydroxylation is 1. The van der Waals surface area contributed by atoms with Gasteiger partial charge < -0.3 is 10.2 Å². The monoisotopic (exact) mass is 361 g/mol. The molecule has 0 radical (unpaired) electrons. The Morgan fingerprint density at radius 2 is 2.32 bits per heavy atom. The van der Waals surface area contributed by atoms with E-state index in [-0.39, 0.29) is 5.91 Å². The van der Waals surface area contributed by atoms with E-state index in [9.17, 15) is 4.79 Å². The van der Waals surface area contributed by atoms with Crippen molar-refractivity contribution >= 4 is 17.5 Å². The summed E-state index contributed by atoms with van der Waals surface area (Å²) in [5, 5.41) is 0.670. The number of rotatable bonds is 6. The Labute approximate surface area is 153 Å². The minimum absolute atomic E-state index is 0.212. The van der Waals surface area contributed by atoms with Crippen LogP contribution in [0.3, 0.4) is 0 Å². The average molecular weight is 362 g/mol. The van der Waals surface area contributed by atoms with Crippen LogP contribution in [-0.4, -0.2) is 28.9 Å². The van der Waals surface area contributed by atoms with E-state index in [0.717, 1.165) is 55.9 Å². The van der Waals surface area contributed by atoms with Crippen molar-refractivity contribution in [1.29, 1.82) is 0 Å². The summed E-state index contributed by atoms with van der Waals surface area (Å²) in [7, 11) is 0. The van der Waals surface area contributed by atoms with E-state index in [2.05, 4.69) is 9.88 Å². The van der Waals surface area contributed by atoms with Crippen LogP contribution >= 0.6 is 11.6 Å². The van der Waals surface area contributed by atoms with Crippen LogP contribution in [0.25, 0.3) is 11.5 Å². The lowest BCUT2D eigenvalue weighted by Gasteiger charge is -2.32. The molecule has 0 saturated carbocycles. The number of halogens is 1. The second-order valence-corrected chi connectivity index (χ2v) is 7.22. The van der Waals surface area contributed by atoms with E-state index in [1.165, 1.54) is 0 Å². The first-order chi connectivity index (χ1) is 12.0. The molecule has 134 valence electrons. The molecule has 2 aromatic rings. The molecule has 1 atom stereocenters. The topological polar surface area (TPSA) is 72.4 Å². The van der Waals surface area contributed by atoms with E-state index in [4.69, 9.17) is 21.8 Å². The molecule has 5 nitrogen and oxygen atoms in total. The molecule has 1 aliphatic rings. The zero-order valence-corrected chi connectivity index (χ0v) is 15.3. The van der Waals surface area contributed by atoms with Crippen LogP contribution in [-0.2, 0) is 11.3 Å². The fraction of sp³-hybridized carbons (Fsp3) is 0.474. The predicted octanol–water partition coefficient (Wildman–Crippen LogP) is 3.78. The van der Waals surface area contributed by atoms with E-state index in [0.29, 0.717) is 23.3 Å². The van der Waals surface area contributed by atoms with Crippen molar-refractivity contribution in [1.82, 2.24) is 9.88 Å². The molecule has 1 fully saturated rings. The summed E-state index contributed by atoms with van der Waals surface area (Å²) in [6.07, 6.45) is 3.65. The SMILES string of the molecule is Cc1oc(-c2cccc(Cl)c2)nc1CN1CCCC(CCC(N)=O)C1. The number of carbonyl (C=O) groups excluding carboxylic acids is 1. The van der Waals surface area contributed by atoms with Crippen molar-refractivity contribution in [3.05, 3.63) is 40.7 Å². The highest BCUT2D eigenvalue weighted by atomic mass is 35.5. The minimum atomic E-state index is -0.212. The fourth-order valence-electron chi connectivity index (χ4n) is 3.41. The maximum Gasteiger partial charge on any atom is 0.226 e. The summed E-state index contributed by atoms with van der Waals surface area (Å²) in [6, 6.07) is 7.53. The van der Waals surface area contributed by atoms with Crippen molar-refractivity contribution in [3.8, 4) is 11.5 Å². The second-order valence-electron chi connectivity index (χ2n) is 6.78. The van der Waals surface area contributed by atoms with E-state index in [1.54, 1.807) is 0 Å². The van der Waals surface area contributed by atoms with Gasteiger partial charge in [-0.1, -0.05) is 17.7 Å². The third kappa shape index (κ3) is 4.83. The number of carbonyl (C=O) groups is 1. The van der Waals surface area contributed by atoms with Crippen molar-refractivity contribution in [2.45, 2.75) is 39.2 Å². The van der Waals surface area contributed by atoms with Gasteiger partial charge in [0.1, 0.15) is 5.76 Å². The largest absolute Gasteiger partial charge is 0.441 e. The molecule has 6 heteroatoms. The molecule has 2 heterocycles. The van der Waals surface area contributed by atoms with Crippen molar-refractivity contribution in [2.75, 3.05) is 13.1 Å². The summed E-state index contributed by atoms with van der Waals surface area (Å²) >= 11 is 6.05. The molecule has 1 saturated heterocycles. The highest BCUT2D eigenvalue weighted by Crippen LogP contribution is 2.27. The molecule has 1 unspecified atom stereocenters. The number of amides is 1. The number of hydrogen-bond acceptors (Lipinski definition) is 4. The van der Waals surface area contributed by atoms with Gasteiger partial charge in [-0.05, 0) is 56.8 Å². The van der Waals surface area contributed by atoms with Crippen LogP contribution in [0.5, 0.6) is 0 Å². The Morgan fingerprint density at radius 1 is 1.48 bits per heavy atom. The highest BCUT2D eigenvalue weighted by molar-refractivity contribution is 6.30. The lowest BCUT2D eigenvalue weighted by Crippen LogP contribution is -2.35. The van der Waals surface area contributed by atoms with Gasteiger partial charge in [0.05, 0.1) is 5.69 Å². The summed E-state index contributed by atoms with van der Waals surface area (Å²) in [5.41, 5.74) is 7.12. The molecule has 3 rings (SSSR count). The molecular weight excluding hydrogens is 338 g/mol. The van der Waals surface area contributed by atoms with Gasteiger partial charge in [0.2, 0.25) is 11.8 Å². The predicted molar refractivity (Wildman–Crippen MR) is 98.1 cm³/mol. The quantitative estimate of drug-likeness (QED) is 0.849. The first-order valence-corrected chi connectivity index (χ1v) is 9.12. The standard InChI is InChI=1S/C19H24ClN3O2/c1-13-17(22-19(25-13)15-5-2-6-16(20)10-15)12-23-9-3-4-14(11-23)7-8-18(21)24/h2,5-6,10,14H,3-4,7-9,11-12H2,1H3,(H2,21,24). The normalized spacial score (nSPS) is 18.4. The fourth-order valence-corrected chi connectivity index (χ4v) is 3.60. The van der Waals surface area contributed by atoms with E-state index >= 15 is 0 Å². The van der Waals surface area contributed by atoms with Gasteiger partial charge in [0.25, 0.3) is 0 Å². The molecule has 1 aromatic heterocycles. The van der Waals surface area contributed by atoms with Gasteiger partial charge in [-0.2, -0.15) is 0 Å². The molecule has 25 heavy (non-hydrogen) atoms. The van der Waals surface area contributed by atoms with Crippen LogP contribution < -0.4 is 5.73 Å². The average Bonchev–Trinajstić information content (AvgIpc) is 2.94. The summed E-state index contributed by atoms with van der Waals surface area (Å²) in [5.74, 6) is 1.77. The zero-order valence-electron chi connectivity index (χ0n) is 14.5. The van der Waals surface area contributed by atoms with Crippen LogP contribution in [0.2, 0.25) is 5.02 Å². The number of aromatic nitrogens is 1. The third-order valence-electron chi connectivity index (χ3n) is 4.74. The Bertz CT molecular complexity index is 744. The number of oxazole rings is 1. The Morgan fingerprint density at radius 3 is 3.08 bits per heavy atom. The number of likely N-dealkylation sites (tertiary alicyclic amines) is 1. The first-order valence-electron chi connectivity index (χ1n) is 8.74. The van der Waals surface area contributed by atoms with Gasteiger partial charge in [-0.3, -0.25) is 9.69 Å². The molecule has 0 bridgehead atoms. The van der Waals surface area contributed by atoms with E-state index < -0.39 is 0 Å². The number of primary amides is 1. The highest BCUT2D eigenvalue weighted by Gasteiger charge is 2.22. The molecule has 2 N–H and O–H groups in total. The van der Waals surface area contributed by atoms with Crippen molar-refractivity contribution in [3.63, 3.8) is 0 Å². The number of hydrogen-bond donors (Lipinski definition) is 1. The summed E-state index contributed by atoms with van der Waals surface area (Å²) in [6.45, 7) is 4.74. The summed E-state index contributed by atoms with van der Waals surface area (Å²) < 4.78 is 5.85. The number of nitrogens with zero attached hydrogens (tertiary/aromatic N) is 2. The maximum atomic E-state index is 11.0. The smallest absolute Gasteiger partial charge is 0.226 e. The van der Waals surface area contributed by atoms with Gasteiger partial charge in [-0.25, -0.2) is 4.98 Å². The number of piperidine rings is 1. The molecule has 1 aromatic carbocycles. The van der Waals surface area contributed by atoms with Crippen LogP contribution in [0, 0.1) is 12.8 Å². The number of benzene rings is 1. The lowest BCUT2D eigenvalue weighted by atomic mass is 9.93. The first kappa shape index (κ1) is 18.0. The Hall–Kier alpha value is -1.85. The van der Waals surface area contributed by atoms with Gasteiger partial charge >= 0.3 is 0 Å². The molecule has 0 aliphatic carbocycles.